The molecule has 0 spiro atoms. The number of benzene rings is 2. The minimum absolute atomic E-state index is 0.0163. The zero-order chi connectivity index (χ0) is 24.5. The number of piperidine rings is 1. The van der Waals surface area contributed by atoms with E-state index in [9.17, 15) is 18.8 Å². The first-order chi connectivity index (χ1) is 16.4. The average Bonchev–Trinajstić information content (AvgIpc) is 2.86. The Morgan fingerprint density at radius 1 is 1.00 bits per heavy atom. The van der Waals surface area contributed by atoms with Gasteiger partial charge in [0.25, 0.3) is 5.91 Å². The molecule has 0 aliphatic carbocycles. The smallest absolute Gasteiger partial charge is 0.251 e. The van der Waals surface area contributed by atoms with Crippen molar-refractivity contribution >= 4 is 17.7 Å². The van der Waals surface area contributed by atoms with Crippen molar-refractivity contribution in [2.24, 2.45) is 5.92 Å². The number of nitrogens with zero attached hydrogens (tertiary/aromatic N) is 1. The molecule has 34 heavy (non-hydrogen) atoms. The van der Waals surface area contributed by atoms with Gasteiger partial charge in [-0.25, -0.2) is 4.39 Å². The number of likely N-dealkylation sites (tertiary alicyclic amines) is 1. The van der Waals surface area contributed by atoms with Crippen molar-refractivity contribution in [3.8, 4) is 0 Å². The molecule has 6 nitrogen and oxygen atoms in total. The molecule has 3 rings (SSSR count). The van der Waals surface area contributed by atoms with E-state index in [2.05, 4.69) is 10.6 Å². The van der Waals surface area contributed by atoms with E-state index in [0.717, 1.165) is 12.0 Å². The van der Waals surface area contributed by atoms with E-state index < -0.39 is 17.8 Å². The highest BCUT2D eigenvalue weighted by Gasteiger charge is 2.34. The van der Waals surface area contributed by atoms with Crippen LogP contribution in [0, 0.1) is 11.7 Å². The van der Waals surface area contributed by atoms with Crippen LogP contribution in [-0.2, 0) is 16.0 Å². The largest absolute Gasteiger partial charge is 0.352 e. The molecule has 2 N–H and O–H groups in total. The quantitative estimate of drug-likeness (QED) is 0.590. The van der Waals surface area contributed by atoms with Crippen LogP contribution < -0.4 is 10.6 Å². The fourth-order valence-electron chi connectivity index (χ4n) is 4.19. The van der Waals surface area contributed by atoms with Gasteiger partial charge in [-0.3, -0.25) is 14.4 Å². The lowest BCUT2D eigenvalue weighted by molar-refractivity contribution is -0.133. The number of carbonyl (C=O) groups excluding carboxylic acids is 3. The van der Waals surface area contributed by atoms with Gasteiger partial charge in [0.2, 0.25) is 11.8 Å². The Hall–Kier alpha value is -3.22. The van der Waals surface area contributed by atoms with E-state index in [-0.39, 0.29) is 23.8 Å². The van der Waals surface area contributed by atoms with Crippen molar-refractivity contribution in [3.05, 3.63) is 71.5 Å². The standard InChI is InChI=1S/C27H34FN3O3/c1-3-19(2)29-27(34)25(30-26(33)22-10-12-23(28)13-11-22)21-15-17-31(18-16-21)24(32)14-9-20-7-5-4-6-8-20/h4-8,10-13,19,21,25H,3,9,14-18H2,1-2H3,(H,29,34)(H,30,33). The molecule has 1 heterocycles. The second-order valence-corrected chi connectivity index (χ2v) is 8.98. The number of carbonyl (C=O) groups is 3. The fraction of sp³-hybridized carbons (Fsp3) is 0.444. The van der Waals surface area contributed by atoms with Crippen LogP contribution in [0.1, 0.15) is 55.5 Å². The van der Waals surface area contributed by atoms with Crippen LogP contribution in [0.4, 0.5) is 4.39 Å². The number of hydrogen-bond donors (Lipinski definition) is 2. The van der Waals surface area contributed by atoms with Crippen LogP contribution in [-0.4, -0.2) is 47.8 Å². The van der Waals surface area contributed by atoms with Crippen molar-refractivity contribution in [2.45, 2.75) is 58.0 Å². The molecule has 182 valence electrons. The van der Waals surface area contributed by atoms with Gasteiger partial charge in [-0.2, -0.15) is 0 Å². The van der Waals surface area contributed by atoms with E-state index in [1.807, 2.05) is 49.1 Å². The van der Waals surface area contributed by atoms with Crippen molar-refractivity contribution in [1.82, 2.24) is 15.5 Å². The molecule has 1 saturated heterocycles. The Morgan fingerprint density at radius 2 is 1.65 bits per heavy atom. The summed E-state index contributed by atoms with van der Waals surface area (Å²) in [4.78, 5) is 40.4. The van der Waals surface area contributed by atoms with E-state index in [4.69, 9.17) is 0 Å². The highest BCUT2D eigenvalue weighted by molar-refractivity contribution is 5.97. The molecule has 7 heteroatoms. The second-order valence-electron chi connectivity index (χ2n) is 8.98. The van der Waals surface area contributed by atoms with Crippen LogP contribution in [0.5, 0.6) is 0 Å². The van der Waals surface area contributed by atoms with Gasteiger partial charge in [0.15, 0.2) is 0 Å². The van der Waals surface area contributed by atoms with E-state index >= 15 is 0 Å². The van der Waals surface area contributed by atoms with Crippen LogP contribution >= 0.6 is 0 Å². The van der Waals surface area contributed by atoms with Gasteiger partial charge < -0.3 is 15.5 Å². The van der Waals surface area contributed by atoms with Gasteiger partial charge in [0.1, 0.15) is 11.9 Å². The van der Waals surface area contributed by atoms with Crippen LogP contribution in [0.3, 0.4) is 0 Å². The first-order valence-electron chi connectivity index (χ1n) is 12.1. The Kier molecular flexibility index (Phi) is 9.19. The summed E-state index contributed by atoms with van der Waals surface area (Å²) < 4.78 is 13.2. The zero-order valence-electron chi connectivity index (χ0n) is 19.9. The summed E-state index contributed by atoms with van der Waals surface area (Å²) >= 11 is 0. The number of halogens is 1. The molecule has 2 aromatic rings. The Balaban J connectivity index is 1.61. The highest BCUT2D eigenvalue weighted by Crippen LogP contribution is 2.23. The highest BCUT2D eigenvalue weighted by atomic mass is 19.1. The summed E-state index contributed by atoms with van der Waals surface area (Å²) in [5, 5.41) is 5.84. The van der Waals surface area contributed by atoms with E-state index in [1.54, 1.807) is 0 Å². The molecule has 3 amide bonds. The van der Waals surface area contributed by atoms with E-state index in [0.29, 0.717) is 44.3 Å². The van der Waals surface area contributed by atoms with Gasteiger partial charge in [-0.15, -0.1) is 0 Å². The lowest BCUT2D eigenvalue weighted by atomic mass is 9.88. The molecule has 0 bridgehead atoms. The third-order valence-electron chi connectivity index (χ3n) is 6.51. The lowest BCUT2D eigenvalue weighted by Crippen LogP contribution is -2.55. The normalized spacial score (nSPS) is 15.9. The predicted molar refractivity (Wildman–Crippen MR) is 130 cm³/mol. The molecule has 0 saturated carbocycles. The van der Waals surface area contributed by atoms with Crippen molar-refractivity contribution < 1.29 is 18.8 Å². The molecule has 0 aromatic heterocycles. The third-order valence-corrected chi connectivity index (χ3v) is 6.51. The molecule has 2 unspecified atom stereocenters. The molecule has 2 atom stereocenters. The average molecular weight is 468 g/mol. The summed E-state index contributed by atoms with van der Waals surface area (Å²) in [5.74, 6) is -1.04. The van der Waals surface area contributed by atoms with Crippen LogP contribution in [0.2, 0.25) is 0 Å². The number of rotatable bonds is 9. The maximum Gasteiger partial charge on any atom is 0.251 e. The molecular weight excluding hydrogens is 433 g/mol. The topological polar surface area (TPSA) is 78.5 Å². The number of nitrogens with one attached hydrogen (secondary N) is 2. The zero-order valence-corrected chi connectivity index (χ0v) is 19.9. The van der Waals surface area contributed by atoms with Crippen molar-refractivity contribution in [3.63, 3.8) is 0 Å². The van der Waals surface area contributed by atoms with Crippen LogP contribution in [0.25, 0.3) is 0 Å². The summed E-state index contributed by atoms with van der Waals surface area (Å²) in [6.45, 7) is 5.01. The van der Waals surface area contributed by atoms with Crippen molar-refractivity contribution in [1.29, 1.82) is 0 Å². The van der Waals surface area contributed by atoms with Gasteiger partial charge in [0.05, 0.1) is 0 Å². The Labute approximate surface area is 200 Å². The molecule has 1 aliphatic rings. The SMILES string of the molecule is CCC(C)NC(=O)C(NC(=O)c1ccc(F)cc1)C1CCN(C(=O)CCc2ccccc2)CC1. The minimum atomic E-state index is -0.715. The monoisotopic (exact) mass is 467 g/mol. The minimum Gasteiger partial charge on any atom is -0.352 e. The van der Waals surface area contributed by atoms with Crippen molar-refractivity contribution in [2.75, 3.05) is 13.1 Å². The summed E-state index contributed by atoms with van der Waals surface area (Å²) in [7, 11) is 0. The summed E-state index contributed by atoms with van der Waals surface area (Å²) in [6.07, 6.45) is 3.18. The van der Waals surface area contributed by atoms with E-state index in [1.165, 1.54) is 24.3 Å². The molecule has 1 aliphatic heterocycles. The maximum absolute atomic E-state index is 13.2. The van der Waals surface area contributed by atoms with Gasteiger partial charge in [-0.1, -0.05) is 37.3 Å². The summed E-state index contributed by atoms with van der Waals surface area (Å²) in [5.41, 5.74) is 1.44. The fourth-order valence-corrected chi connectivity index (χ4v) is 4.19. The number of hydrogen-bond acceptors (Lipinski definition) is 3. The molecule has 0 radical (unpaired) electrons. The van der Waals surface area contributed by atoms with Crippen LogP contribution in [0.15, 0.2) is 54.6 Å². The number of aryl methyl sites for hydroxylation is 1. The van der Waals surface area contributed by atoms with Gasteiger partial charge >= 0.3 is 0 Å². The Morgan fingerprint density at radius 3 is 2.26 bits per heavy atom. The molecule has 2 aromatic carbocycles. The third kappa shape index (κ3) is 7.14. The maximum atomic E-state index is 13.2. The van der Waals surface area contributed by atoms with Gasteiger partial charge in [0, 0.05) is 31.1 Å². The lowest BCUT2D eigenvalue weighted by Gasteiger charge is -2.36. The first-order valence-corrected chi connectivity index (χ1v) is 12.1. The first kappa shape index (κ1) is 25.4. The summed E-state index contributed by atoms with van der Waals surface area (Å²) in [6, 6.07) is 14.5. The Bertz CT molecular complexity index is 957. The predicted octanol–water partition coefficient (Wildman–Crippen LogP) is 3.71. The van der Waals surface area contributed by atoms with Gasteiger partial charge in [-0.05, 0) is 68.4 Å². The molecule has 1 fully saturated rings. The molecular formula is C27H34FN3O3. The second kappa shape index (κ2) is 12.3. The number of amides is 3.